The zero-order chi connectivity index (χ0) is 13.1. The molecule has 17 heavy (non-hydrogen) atoms. The molecular weight excluding hydrogens is 226 g/mol. The summed E-state index contributed by atoms with van der Waals surface area (Å²) in [5.41, 5.74) is -0.536. The van der Waals surface area contributed by atoms with E-state index in [0.29, 0.717) is 0 Å². The van der Waals surface area contributed by atoms with Crippen LogP contribution < -0.4 is 5.32 Å². The van der Waals surface area contributed by atoms with E-state index in [4.69, 9.17) is 14.6 Å². The van der Waals surface area contributed by atoms with Crippen molar-refractivity contribution in [3.63, 3.8) is 0 Å². The number of nitrogens with one attached hydrogen (secondary N) is 1. The van der Waals surface area contributed by atoms with E-state index in [1.54, 1.807) is 20.8 Å². The van der Waals surface area contributed by atoms with Crippen molar-refractivity contribution in [3.05, 3.63) is 0 Å². The number of rotatable bonds is 4. The molecule has 2 N–H and O–H groups in total. The number of carboxylic acids is 1. The van der Waals surface area contributed by atoms with Crippen molar-refractivity contribution in [1.82, 2.24) is 5.32 Å². The summed E-state index contributed by atoms with van der Waals surface area (Å²) in [7, 11) is 0. The lowest BCUT2D eigenvalue weighted by atomic mass is 9.89. The van der Waals surface area contributed by atoms with Gasteiger partial charge < -0.3 is 19.9 Å². The largest absolute Gasteiger partial charge is 0.480 e. The second-order valence-electron chi connectivity index (χ2n) is 5.07. The van der Waals surface area contributed by atoms with Gasteiger partial charge in [0.15, 0.2) is 0 Å². The van der Waals surface area contributed by atoms with Crippen molar-refractivity contribution in [2.24, 2.45) is 0 Å². The maximum atomic E-state index is 11.4. The average molecular weight is 245 g/mol. The molecule has 0 heterocycles. The minimum Gasteiger partial charge on any atom is -0.480 e. The number of hydrogen-bond donors (Lipinski definition) is 2. The Hall–Kier alpha value is -1.30. The van der Waals surface area contributed by atoms with E-state index in [2.05, 4.69) is 5.32 Å². The van der Waals surface area contributed by atoms with Gasteiger partial charge in [-0.15, -0.1) is 0 Å². The molecule has 0 aliphatic heterocycles. The standard InChI is InChI=1S/C11H19NO5/c1-11(2,3)17-10(15)12-7-4-5-8(7)16-6-9(13)14/h7-8H,4-6H2,1-3H3,(H,12,15)(H,13,14). The maximum absolute atomic E-state index is 11.4. The summed E-state index contributed by atoms with van der Waals surface area (Å²) in [6, 6.07) is -0.149. The first-order chi connectivity index (χ1) is 7.78. The number of amides is 1. The molecule has 98 valence electrons. The number of carbonyl (C=O) groups is 2. The highest BCUT2D eigenvalue weighted by Crippen LogP contribution is 2.23. The zero-order valence-corrected chi connectivity index (χ0v) is 10.4. The van der Waals surface area contributed by atoms with Gasteiger partial charge in [-0.05, 0) is 33.6 Å². The van der Waals surface area contributed by atoms with Crippen LogP contribution in [0.5, 0.6) is 0 Å². The summed E-state index contributed by atoms with van der Waals surface area (Å²) in [5, 5.41) is 11.1. The molecule has 2 atom stereocenters. The first-order valence-corrected chi connectivity index (χ1v) is 5.61. The molecule has 1 aliphatic carbocycles. The molecule has 0 aromatic heterocycles. The minimum atomic E-state index is -1.01. The summed E-state index contributed by atoms with van der Waals surface area (Å²) in [4.78, 5) is 21.8. The second kappa shape index (κ2) is 5.35. The van der Waals surface area contributed by atoms with Gasteiger partial charge in [0.05, 0.1) is 12.1 Å². The van der Waals surface area contributed by atoms with Crippen LogP contribution in [0.1, 0.15) is 33.6 Å². The summed E-state index contributed by atoms with van der Waals surface area (Å²) in [6.07, 6.45) is 0.821. The predicted octanol–water partition coefficient (Wildman–Crippen LogP) is 1.14. The third kappa shape index (κ3) is 5.04. The highest BCUT2D eigenvalue weighted by Gasteiger charge is 2.34. The van der Waals surface area contributed by atoms with Crippen molar-refractivity contribution in [1.29, 1.82) is 0 Å². The SMILES string of the molecule is CC(C)(C)OC(=O)NC1CCC1OCC(=O)O. The number of carboxylic acid groups (broad SMARTS) is 1. The van der Waals surface area contributed by atoms with Gasteiger partial charge in [-0.3, -0.25) is 0 Å². The van der Waals surface area contributed by atoms with Crippen molar-refractivity contribution in [2.45, 2.75) is 51.4 Å². The molecule has 0 aromatic carbocycles. The molecule has 0 bridgehead atoms. The van der Waals surface area contributed by atoms with Crippen LogP contribution >= 0.6 is 0 Å². The van der Waals surface area contributed by atoms with E-state index < -0.39 is 17.7 Å². The summed E-state index contributed by atoms with van der Waals surface area (Å²) in [5.74, 6) is -1.01. The first kappa shape index (κ1) is 13.8. The van der Waals surface area contributed by atoms with Gasteiger partial charge in [-0.25, -0.2) is 9.59 Å². The fourth-order valence-corrected chi connectivity index (χ4v) is 1.47. The average Bonchev–Trinajstić information content (AvgIpc) is 2.09. The zero-order valence-electron chi connectivity index (χ0n) is 10.4. The van der Waals surface area contributed by atoms with Gasteiger partial charge in [0, 0.05) is 0 Å². The number of alkyl carbamates (subject to hydrolysis) is 1. The fraction of sp³-hybridized carbons (Fsp3) is 0.818. The quantitative estimate of drug-likeness (QED) is 0.776. The Bertz CT molecular complexity index is 297. The predicted molar refractivity (Wildman–Crippen MR) is 59.8 cm³/mol. The molecule has 6 heteroatoms. The minimum absolute atomic E-state index is 0.149. The lowest BCUT2D eigenvalue weighted by Gasteiger charge is -2.36. The Morgan fingerprint density at radius 3 is 2.41 bits per heavy atom. The van der Waals surface area contributed by atoms with Crippen LogP contribution in [0.4, 0.5) is 4.79 Å². The van der Waals surface area contributed by atoms with E-state index in [9.17, 15) is 9.59 Å². The van der Waals surface area contributed by atoms with E-state index in [1.165, 1.54) is 0 Å². The van der Waals surface area contributed by atoms with E-state index in [-0.39, 0.29) is 18.8 Å². The molecular formula is C11H19NO5. The van der Waals surface area contributed by atoms with Crippen LogP contribution in [0.3, 0.4) is 0 Å². The second-order valence-corrected chi connectivity index (χ2v) is 5.07. The maximum Gasteiger partial charge on any atom is 0.407 e. The van der Waals surface area contributed by atoms with E-state index in [1.807, 2.05) is 0 Å². The summed E-state index contributed by atoms with van der Waals surface area (Å²) < 4.78 is 10.2. The third-order valence-corrected chi connectivity index (χ3v) is 2.33. The van der Waals surface area contributed by atoms with Crippen LogP contribution in [-0.2, 0) is 14.3 Å². The van der Waals surface area contributed by atoms with Crippen LogP contribution in [0, 0.1) is 0 Å². The molecule has 0 radical (unpaired) electrons. The van der Waals surface area contributed by atoms with E-state index >= 15 is 0 Å². The molecule has 2 unspecified atom stereocenters. The van der Waals surface area contributed by atoms with Gasteiger partial charge in [0.1, 0.15) is 12.2 Å². The van der Waals surface area contributed by atoms with Gasteiger partial charge >= 0.3 is 12.1 Å². The topological polar surface area (TPSA) is 84.9 Å². The molecule has 1 aliphatic rings. The number of carbonyl (C=O) groups excluding carboxylic acids is 1. The summed E-state index contributed by atoms with van der Waals surface area (Å²) >= 11 is 0. The molecule has 1 fully saturated rings. The Kier molecular flexibility index (Phi) is 4.34. The Morgan fingerprint density at radius 2 is 2.00 bits per heavy atom. The molecule has 0 saturated heterocycles. The molecule has 6 nitrogen and oxygen atoms in total. The summed E-state index contributed by atoms with van der Waals surface area (Å²) in [6.45, 7) is 5.01. The Balaban J connectivity index is 2.27. The number of hydrogen-bond acceptors (Lipinski definition) is 4. The van der Waals surface area contributed by atoms with Crippen molar-refractivity contribution in [2.75, 3.05) is 6.61 Å². The van der Waals surface area contributed by atoms with E-state index in [0.717, 1.165) is 12.8 Å². The molecule has 1 saturated carbocycles. The van der Waals surface area contributed by atoms with Gasteiger partial charge in [-0.1, -0.05) is 0 Å². The first-order valence-electron chi connectivity index (χ1n) is 5.61. The van der Waals surface area contributed by atoms with Crippen LogP contribution in [0.15, 0.2) is 0 Å². The molecule has 0 spiro atoms. The van der Waals surface area contributed by atoms with Crippen molar-refractivity contribution >= 4 is 12.1 Å². The van der Waals surface area contributed by atoms with Gasteiger partial charge in [-0.2, -0.15) is 0 Å². The highest BCUT2D eigenvalue weighted by molar-refractivity contribution is 5.69. The lowest BCUT2D eigenvalue weighted by Crippen LogP contribution is -2.52. The van der Waals surface area contributed by atoms with Crippen LogP contribution in [0.25, 0.3) is 0 Å². The molecule has 1 rings (SSSR count). The number of aliphatic carboxylic acids is 1. The van der Waals surface area contributed by atoms with Crippen molar-refractivity contribution in [3.8, 4) is 0 Å². The Labute approximate surface area is 100 Å². The smallest absolute Gasteiger partial charge is 0.407 e. The molecule has 0 aromatic rings. The van der Waals surface area contributed by atoms with Crippen LogP contribution in [-0.4, -0.2) is 41.5 Å². The van der Waals surface area contributed by atoms with Crippen LogP contribution in [0.2, 0.25) is 0 Å². The Morgan fingerprint density at radius 1 is 1.35 bits per heavy atom. The highest BCUT2D eigenvalue weighted by atomic mass is 16.6. The lowest BCUT2D eigenvalue weighted by molar-refractivity contribution is -0.147. The monoisotopic (exact) mass is 245 g/mol. The third-order valence-electron chi connectivity index (χ3n) is 2.33. The molecule has 1 amide bonds. The normalized spacial score (nSPS) is 23.7. The van der Waals surface area contributed by atoms with Gasteiger partial charge in [0.2, 0.25) is 0 Å². The number of ether oxygens (including phenoxy) is 2. The van der Waals surface area contributed by atoms with Gasteiger partial charge in [0.25, 0.3) is 0 Å². The fourth-order valence-electron chi connectivity index (χ4n) is 1.47. The van der Waals surface area contributed by atoms with Crippen molar-refractivity contribution < 1.29 is 24.2 Å².